The lowest BCUT2D eigenvalue weighted by Gasteiger charge is -2.54. The van der Waals surface area contributed by atoms with E-state index in [2.05, 4.69) is 13.8 Å². The number of benzene rings is 2. The quantitative estimate of drug-likeness (QED) is 0.413. The molecule has 0 unspecified atom stereocenters. The Morgan fingerprint density at radius 3 is 2.45 bits per heavy atom. The smallest absolute Gasteiger partial charge is 0.191 e. The van der Waals surface area contributed by atoms with E-state index < -0.39 is 31.8 Å². The second-order valence-corrected chi connectivity index (χ2v) is 13.1. The fraction of sp³-hybridized carbons (Fsp3) is 0.500. The minimum atomic E-state index is -4.24. The SMILES string of the molecule is CC(C)SCCO[C@]12CCCC[C@@]1(S(=O)(=O)c1ccc(Cl)cc1)c1c(F)ccc(F)c1OC2. The van der Waals surface area contributed by atoms with Gasteiger partial charge >= 0.3 is 0 Å². The molecule has 1 saturated carbocycles. The molecule has 1 aliphatic heterocycles. The monoisotopic (exact) mass is 516 g/mol. The van der Waals surface area contributed by atoms with Crippen molar-refractivity contribution < 1.29 is 26.7 Å². The maximum Gasteiger partial charge on any atom is 0.191 e. The van der Waals surface area contributed by atoms with Crippen LogP contribution in [0.3, 0.4) is 0 Å². The summed E-state index contributed by atoms with van der Waals surface area (Å²) in [5, 5.41) is 0.766. The van der Waals surface area contributed by atoms with Crippen LogP contribution in [0.5, 0.6) is 5.75 Å². The van der Waals surface area contributed by atoms with E-state index in [4.69, 9.17) is 21.1 Å². The van der Waals surface area contributed by atoms with E-state index in [0.29, 0.717) is 35.3 Å². The molecule has 1 heterocycles. The lowest BCUT2D eigenvalue weighted by atomic mass is 9.69. The fourth-order valence-corrected chi connectivity index (χ4v) is 8.33. The Bertz CT molecular complexity index is 1120. The maximum atomic E-state index is 15.4. The highest BCUT2D eigenvalue weighted by Crippen LogP contribution is 2.59. The van der Waals surface area contributed by atoms with Crippen molar-refractivity contribution in [3.05, 3.63) is 58.6 Å². The number of hydrogen-bond acceptors (Lipinski definition) is 5. The van der Waals surface area contributed by atoms with Gasteiger partial charge in [0.05, 0.1) is 17.1 Å². The molecule has 0 spiro atoms. The van der Waals surface area contributed by atoms with Gasteiger partial charge in [0.2, 0.25) is 0 Å². The minimum Gasteiger partial charge on any atom is -0.487 e. The number of fused-ring (bicyclic) bond motifs is 3. The van der Waals surface area contributed by atoms with Gasteiger partial charge in [0.1, 0.15) is 22.8 Å². The van der Waals surface area contributed by atoms with Gasteiger partial charge in [0.25, 0.3) is 0 Å². The van der Waals surface area contributed by atoms with Gasteiger partial charge in [-0.25, -0.2) is 17.2 Å². The third-order valence-electron chi connectivity index (χ3n) is 6.50. The number of hydrogen-bond donors (Lipinski definition) is 0. The summed E-state index contributed by atoms with van der Waals surface area (Å²) in [4.78, 5) is -0.00478. The molecule has 9 heteroatoms. The normalized spacial score (nSPS) is 24.8. The molecule has 2 aromatic rings. The molecule has 4 rings (SSSR count). The molecule has 4 nitrogen and oxygen atoms in total. The summed E-state index contributed by atoms with van der Waals surface area (Å²) in [6, 6.07) is 7.72. The Hall–Kier alpha value is -1.35. The number of thioether (sulfide) groups is 1. The van der Waals surface area contributed by atoms with E-state index in [1.54, 1.807) is 11.8 Å². The molecular formula is C24H27ClF2O4S2. The molecule has 0 radical (unpaired) electrons. The van der Waals surface area contributed by atoms with Gasteiger partial charge in [-0.15, -0.1) is 0 Å². The molecule has 2 aliphatic rings. The van der Waals surface area contributed by atoms with Gasteiger partial charge in [-0.05, 0) is 54.5 Å². The van der Waals surface area contributed by atoms with E-state index in [-0.39, 0.29) is 35.8 Å². The Labute approximate surface area is 202 Å². The summed E-state index contributed by atoms with van der Waals surface area (Å²) in [5.41, 5.74) is -1.61. The Kier molecular flexibility index (Phi) is 7.03. The molecule has 0 N–H and O–H groups in total. The van der Waals surface area contributed by atoms with Crippen LogP contribution >= 0.6 is 23.4 Å². The van der Waals surface area contributed by atoms with E-state index >= 15 is 4.39 Å². The largest absolute Gasteiger partial charge is 0.487 e. The number of rotatable bonds is 7. The Balaban J connectivity index is 1.94. The van der Waals surface area contributed by atoms with Crippen molar-refractivity contribution in [2.75, 3.05) is 19.0 Å². The van der Waals surface area contributed by atoms with Crippen LogP contribution in [0.1, 0.15) is 45.1 Å². The van der Waals surface area contributed by atoms with Gasteiger partial charge in [-0.2, -0.15) is 11.8 Å². The van der Waals surface area contributed by atoms with Gasteiger partial charge in [0.15, 0.2) is 21.4 Å². The summed E-state index contributed by atoms with van der Waals surface area (Å²) < 4.78 is 69.2. The first kappa shape index (κ1) is 24.8. The third-order valence-corrected chi connectivity index (χ3v) is 10.4. The van der Waals surface area contributed by atoms with Crippen LogP contribution in [0.25, 0.3) is 0 Å². The molecule has 0 aromatic heterocycles. The molecule has 33 heavy (non-hydrogen) atoms. The van der Waals surface area contributed by atoms with Gasteiger partial charge < -0.3 is 9.47 Å². The van der Waals surface area contributed by atoms with Crippen molar-refractivity contribution in [1.29, 1.82) is 0 Å². The predicted octanol–water partition coefficient (Wildman–Crippen LogP) is 6.15. The third kappa shape index (κ3) is 4.07. The van der Waals surface area contributed by atoms with Crippen LogP contribution in [0.4, 0.5) is 8.78 Å². The van der Waals surface area contributed by atoms with Crippen LogP contribution < -0.4 is 4.74 Å². The summed E-state index contributed by atoms with van der Waals surface area (Å²) in [6.45, 7) is 4.24. The first-order chi connectivity index (χ1) is 15.6. The zero-order chi connectivity index (χ0) is 23.9. The molecule has 0 saturated heterocycles. The number of sulfone groups is 1. The molecule has 2 atom stereocenters. The molecule has 180 valence electrons. The molecule has 2 aromatic carbocycles. The number of ether oxygens (including phenoxy) is 2. The fourth-order valence-electron chi connectivity index (χ4n) is 5.07. The first-order valence-corrected chi connectivity index (χ1v) is 13.9. The highest BCUT2D eigenvalue weighted by atomic mass is 35.5. The van der Waals surface area contributed by atoms with Crippen molar-refractivity contribution in [3.8, 4) is 5.75 Å². The van der Waals surface area contributed by atoms with Crippen LogP contribution in [0, 0.1) is 11.6 Å². The highest BCUT2D eigenvalue weighted by Gasteiger charge is 2.67. The van der Waals surface area contributed by atoms with E-state index in [1.165, 1.54) is 24.3 Å². The average Bonchev–Trinajstić information content (AvgIpc) is 2.78. The first-order valence-electron chi connectivity index (χ1n) is 11.0. The standard InChI is InChI=1S/C24H27ClF2O4S2/c1-16(2)32-14-13-31-23-11-3-4-12-24(23,33(28,29)18-7-5-17(25)6-8-18)21-19(26)9-10-20(27)22(21)30-15-23/h5-10,16H,3-4,11-15H2,1-2H3/t23-,24+/m0/s1. The lowest BCUT2D eigenvalue weighted by Crippen LogP contribution is -2.65. The van der Waals surface area contributed by atoms with E-state index in [0.717, 1.165) is 12.1 Å². The van der Waals surface area contributed by atoms with Crippen LogP contribution in [-0.2, 0) is 19.3 Å². The van der Waals surface area contributed by atoms with Crippen molar-refractivity contribution >= 4 is 33.2 Å². The summed E-state index contributed by atoms with van der Waals surface area (Å²) in [5.74, 6) is -1.29. The maximum absolute atomic E-state index is 15.4. The molecule has 1 fully saturated rings. The molecule has 0 bridgehead atoms. The number of halogens is 3. The molecular weight excluding hydrogens is 490 g/mol. The molecule has 1 aliphatic carbocycles. The van der Waals surface area contributed by atoms with Crippen molar-refractivity contribution in [1.82, 2.24) is 0 Å². The van der Waals surface area contributed by atoms with Crippen molar-refractivity contribution in [2.24, 2.45) is 0 Å². The topological polar surface area (TPSA) is 52.6 Å². The summed E-state index contributed by atoms with van der Waals surface area (Å²) >= 11 is 7.68. The van der Waals surface area contributed by atoms with Crippen molar-refractivity contribution in [2.45, 2.75) is 60.0 Å². The highest BCUT2D eigenvalue weighted by molar-refractivity contribution is 7.99. The molecule has 0 amide bonds. The van der Waals surface area contributed by atoms with Gasteiger partial charge in [-0.1, -0.05) is 38.3 Å². The van der Waals surface area contributed by atoms with Gasteiger partial charge in [0, 0.05) is 10.8 Å². The Morgan fingerprint density at radius 1 is 1.09 bits per heavy atom. The summed E-state index contributed by atoms with van der Waals surface area (Å²) in [7, 11) is -4.24. The lowest BCUT2D eigenvalue weighted by molar-refractivity contribution is -0.128. The second-order valence-electron chi connectivity index (χ2n) is 8.78. The minimum absolute atomic E-state index is 0.00478. The Morgan fingerprint density at radius 2 is 1.76 bits per heavy atom. The van der Waals surface area contributed by atoms with Crippen LogP contribution in [0.2, 0.25) is 5.02 Å². The van der Waals surface area contributed by atoms with Gasteiger partial charge in [-0.3, -0.25) is 0 Å². The van der Waals surface area contributed by atoms with Crippen LogP contribution in [0.15, 0.2) is 41.3 Å². The van der Waals surface area contributed by atoms with E-state index in [1.807, 2.05) is 0 Å². The predicted molar refractivity (Wildman–Crippen MR) is 127 cm³/mol. The summed E-state index contributed by atoms with van der Waals surface area (Å²) in [6.07, 6.45) is 1.70. The zero-order valence-electron chi connectivity index (χ0n) is 18.6. The van der Waals surface area contributed by atoms with Crippen molar-refractivity contribution in [3.63, 3.8) is 0 Å². The average molecular weight is 517 g/mol. The van der Waals surface area contributed by atoms with Crippen LogP contribution in [-0.4, -0.2) is 38.2 Å². The zero-order valence-corrected chi connectivity index (χ0v) is 21.0. The van der Waals surface area contributed by atoms with E-state index in [9.17, 15) is 12.8 Å². The second kappa shape index (κ2) is 9.36.